The Bertz CT molecular complexity index is 981. The number of nitrogens with one attached hydrogen (secondary N) is 2. The fourth-order valence-electron chi connectivity index (χ4n) is 2.68. The number of amides is 1. The van der Waals surface area contributed by atoms with Gasteiger partial charge >= 0.3 is 0 Å². The second-order valence-corrected chi connectivity index (χ2v) is 6.44. The monoisotopic (exact) mass is 370 g/mol. The number of pyridine rings is 1. The Labute approximate surface area is 156 Å². The second-order valence-electron chi connectivity index (χ2n) is 6.01. The van der Waals surface area contributed by atoms with Gasteiger partial charge in [0, 0.05) is 17.1 Å². The van der Waals surface area contributed by atoms with E-state index in [0.29, 0.717) is 29.3 Å². The predicted molar refractivity (Wildman–Crippen MR) is 103 cm³/mol. The lowest BCUT2D eigenvalue weighted by atomic mass is 10.1. The number of aryl methyl sites for hydroxylation is 1. The molecule has 0 saturated carbocycles. The lowest BCUT2D eigenvalue weighted by molar-refractivity contribution is -0.123. The van der Waals surface area contributed by atoms with Gasteiger partial charge in [-0.3, -0.25) is 9.59 Å². The average molecular weight is 371 g/mol. The second kappa shape index (κ2) is 8.06. The van der Waals surface area contributed by atoms with Crippen LogP contribution >= 0.6 is 11.6 Å². The first kappa shape index (κ1) is 18.0. The largest absolute Gasteiger partial charge is 0.484 e. The first-order valence-electron chi connectivity index (χ1n) is 8.29. The number of carbonyl (C=O) groups excluding carboxylic acids is 1. The van der Waals surface area contributed by atoms with Crippen molar-refractivity contribution in [2.45, 2.75) is 13.3 Å². The van der Waals surface area contributed by atoms with Crippen LogP contribution in [0.25, 0.3) is 10.9 Å². The molecule has 3 rings (SSSR count). The number of hydrogen-bond donors (Lipinski definition) is 2. The van der Waals surface area contributed by atoms with Gasteiger partial charge in [0.2, 0.25) is 0 Å². The third-order valence-corrected chi connectivity index (χ3v) is 4.32. The maximum Gasteiger partial charge on any atom is 0.257 e. The summed E-state index contributed by atoms with van der Waals surface area (Å²) in [7, 11) is 0. The van der Waals surface area contributed by atoms with Crippen molar-refractivity contribution in [1.29, 1.82) is 0 Å². The van der Waals surface area contributed by atoms with Crippen LogP contribution in [-0.4, -0.2) is 24.0 Å². The smallest absolute Gasteiger partial charge is 0.257 e. The van der Waals surface area contributed by atoms with Crippen molar-refractivity contribution in [3.63, 3.8) is 0 Å². The van der Waals surface area contributed by atoms with E-state index >= 15 is 0 Å². The Kier molecular flexibility index (Phi) is 5.58. The van der Waals surface area contributed by atoms with Gasteiger partial charge in [0.1, 0.15) is 5.75 Å². The lowest BCUT2D eigenvalue weighted by Crippen LogP contribution is -2.31. The molecule has 5 nitrogen and oxygen atoms in total. The quantitative estimate of drug-likeness (QED) is 0.699. The molecule has 26 heavy (non-hydrogen) atoms. The molecule has 1 aromatic heterocycles. The molecule has 0 bridgehead atoms. The molecular weight excluding hydrogens is 352 g/mol. The lowest BCUT2D eigenvalue weighted by Gasteiger charge is -2.08. The Morgan fingerprint density at radius 3 is 2.73 bits per heavy atom. The van der Waals surface area contributed by atoms with Gasteiger partial charge in [0.15, 0.2) is 6.61 Å². The van der Waals surface area contributed by atoms with Crippen molar-refractivity contribution in [2.24, 2.45) is 0 Å². The fourth-order valence-corrected chi connectivity index (χ4v) is 2.81. The van der Waals surface area contributed by atoms with Gasteiger partial charge in [0.05, 0.1) is 5.52 Å². The number of aromatic nitrogens is 1. The van der Waals surface area contributed by atoms with Gasteiger partial charge in [-0.05, 0) is 54.6 Å². The molecule has 3 aromatic rings. The number of rotatable bonds is 6. The third-order valence-electron chi connectivity index (χ3n) is 4.07. The summed E-state index contributed by atoms with van der Waals surface area (Å²) in [5.41, 5.74) is 2.39. The zero-order chi connectivity index (χ0) is 18.5. The summed E-state index contributed by atoms with van der Waals surface area (Å²) in [5, 5.41) is 4.35. The highest BCUT2D eigenvalue weighted by Crippen LogP contribution is 2.16. The zero-order valence-electron chi connectivity index (χ0n) is 14.3. The fraction of sp³-hybridized carbons (Fsp3) is 0.200. The van der Waals surface area contributed by atoms with E-state index in [2.05, 4.69) is 10.3 Å². The van der Waals surface area contributed by atoms with Crippen LogP contribution in [0.1, 0.15) is 11.1 Å². The van der Waals surface area contributed by atoms with Crippen LogP contribution in [0, 0.1) is 6.92 Å². The van der Waals surface area contributed by atoms with Gasteiger partial charge in [0.25, 0.3) is 11.5 Å². The van der Waals surface area contributed by atoms with Crippen molar-refractivity contribution in [2.75, 3.05) is 13.2 Å². The Balaban J connectivity index is 1.53. The van der Waals surface area contributed by atoms with Gasteiger partial charge in [-0.2, -0.15) is 0 Å². The molecule has 0 unspecified atom stereocenters. The molecule has 0 aliphatic rings. The zero-order valence-corrected chi connectivity index (χ0v) is 15.1. The molecule has 0 saturated heterocycles. The summed E-state index contributed by atoms with van der Waals surface area (Å²) in [6, 6.07) is 14.5. The van der Waals surface area contributed by atoms with Crippen LogP contribution in [0.3, 0.4) is 0 Å². The molecule has 0 aliphatic carbocycles. The SMILES string of the molecule is Cc1cccc2cc(CCNC(=O)COc3ccc(Cl)cc3)c(=O)[nH]c12. The molecule has 2 N–H and O–H groups in total. The van der Waals surface area contributed by atoms with E-state index in [1.165, 1.54) is 0 Å². The van der Waals surface area contributed by atoms with Crippen molar-refractivity contribution >= 4 is 28.4 Å². The molecule has 2 aromatic carbocycles. The number of carbonyl (C=O) groups is 1. The Morgan fingerprint density at radius 2 is 1.96 bits per heavy atom. The van der Waals surface area contributed by atoms with Gasteiger partial charge < -0.3 is 15.0 Å². The van der Waals surface area contributed by atoms with Crippen molar-refractivity contribution < 1.29 is 9.53 Å². The van der Waals surface area contributed by atoms with E-state index in [-0.39, 0.29) is 18.1 Å². The van der Waals surface area contributed by atoms with Crippen molar-refractivity contribution in [1.82, 2.24) is 10.3 Å². The van der Waals surface area contributed by atoms with Crippen LogP contribution in [0.4, 0.5) is 0 Å². The topological polar surface area (TPSA) is 71.2 Å². The molecule has 0 fully saturated rings. The van der Waals surface area contributed by atoms with Gasteiger partial charge in [-0.15, -0.1) is 0 Å². The highest BCUT2D eigenvalue weighted by molar-refractivity contribution is 6.30. The van der Waals surface area contributed by atoms with Crippen LogP contribution < -0.4 is 15.6 Å². The summed E-state index contributed by atoms with van der Waals surface area (Å²) in [6.07, 6.45) is 0.450. The number of para-hydroxylation sites is 1. The van der Waals surface area contributed by atoms with E-state index in [1.54, 1.807) is 24.3 Å². The molecule has 1 heterocycles. The maximum absolute atomic E-state index is 12.2. The Hall–Kier alpha value is -2.79. The molecule has 1 amide bonds. The minimum Gasteiger partial charge on any atom is -0.484 e. The number of fused-ring (bicyclic) bond motifs is 1. The first-order chi connectivity index (χ1) is 12.5. The molecule has 0 spiro atoms. The standard InChI is InChI=1S/C20H19ClN2O3/c1-13-3-2-4-14-11-15(20(25)23-19(13)14)9-10-22-18(24)12-26-17-7-5-16(21)6-8-17/h2-8,11H,9-10,12H2,1H3,(H,22,24)(H,23,25). The van der Waals surface area contributed by atoms with E-state index < -0.39 is 0 Å². The maximum atomic E-state index is 12.2. The first-order valence-corrected chi connectivity index (χ1v) is 8.67. The van der Waals surface area contributed by atoms with Crippen molar-refractivity contribution in [3.8, 4) is 5.75 Å². The highest BCUT2D eigenvalue weighted by atomic mass is 35.5. The molecule has 0 atom stereocenters. The van der Waals surface area contributed by atoms with Gasteiger partial charge in [-0.25, -0.2) is 0 Å². The molecule has 134 valence electrons. The normalized spacial score (nSPS) is 10.7. The third kappa shape index (κ3) is 4.43. The number of H-pyrrole nitrogens is 1. The summed E-state index contributed by atoms with van der Waals surface area (Å²) in [5.74, 6) is 0.332. The Morgan fingerprint density at radius 1 is 1.19 bits per heavy atom. The number of halogens is 1. The molecular formula is C20H19ClN2O3. The number of ether oxygens (including phenoxy) is 1. The summed E-state index contributed by atoms with van der Waals surface area (Å²) < 4.78 is 5.38. The summed E-state index contributed by atoms with van der Waals surface area (Å²) >= 11 is 5.80. The van der Waals surface area contributed by atoms with E-state index in [1.807, 2.05) is 31.2 Å². The summed E-state index contributed by atoms with van der Waals surface area (Å²) in [6.45, 7) is 2.23. The van der Waals surface area contributed by atoms with E-state index in [9.17, 15) is 9.59 Å². The van der Waals surface area contributed by atoms with E-state index in [4.69, 9.17) is 16.3 Å². The van der Waals surface area contributed by atoms with Crippen LogP contribution in [0.2, 0.25) is 5.02 Å². The molecule has 0 aliphatic heterocycles. The van der Waals surface area contributed by atoms with Crippen LogP contribution in [-0.2, 0) is 11.2 Å². The average Bonchev–Trinajstić information content (AvgIpc) is 2.62. The summed E-state index contributed by atoms with van der Waals surface area (Å²) in [4.78, 5) is 27.0. The number of aromatic amines is 1. The molecule has 6 heteroatoms. The minimum absolute atomic E-state index is 0.0884. The predicted octanol–water partition coefficient (Wildman–Crippen LogP) is 3.23. The highest BCUT2D eigenvalue weighted by Gasteiger charge is 2.07. The number of benzene rings is 2. The van der Waals surface area contributed by atoms with Crippen molar-refractivity contribution in [3.05, 3.63) is 75.0 Å². The molecule has 0 radical (unpaired) electrons. The van der Waals surface area contributed by atoms with Crippen LogP contribution in [0.5, 0.6) is 5.75 Å². The minimum atomic E-state index is -0.243. The number of hydrogen-bond acceptors (Lipinski definition) is 3. The van der Waals surface area contributed by atoms with Crippen LogP contribution in [0.15, 0.2) is 53.3 Å². The van der Waals surface area contributed by atoms with E-state index in [0.717, 1.165) is 16.5 Å². The van der Waals surface area contributed by atoms with Gasteiger partial charge in [-0.1, -0.05) is 29.8 Å².